The van der Waals surface area contributed by atoms with Gasteiger partial charge in [-0.25, -0.2) is 0 Å². The average molecular weight is 309 g/mol. The summed E-state index contributed by atoms with van der Waals surface area (Å²) >= 11 is 0. The molecule has 0 aliphatic carbocycles. The molecule has 2 aromatic rings. The maximum absolute atomic E-state index is 6.04. The lowest BCUT2D eigenvalue weighted by molar-refractivity contribution is 0.203. The number of hydrogen-bond acceptors (Lipinski definition) is 3. The Kier molecular flexibility index (Phi) is 4.12. The van der Waals surface area contributed by atoms with E-state index in [1.165, 1.54) is 11.1 Å². The van der Waals surface area contributed by atoms with Crippen LogP contribution in [0, 0.1) is 0 Å². The van der Waals surface area contributed by atoms with Gasteiger partial charge in [-0.15, -0.1) is 0 Å². The summed E-state index contributed by atoms with van der Waals surface area (Å²) in [6.07, 6.45) is 2.01. The molecule has 0 spiro atoms. The normalized spacial score (nSPS) is 21.1. The second-order valence-corrected chi connectivity index (χ2v) is 6.04. The average Bonchev–Trinajstić information content (AvgIpc) is 2.88. The Morgan fingerprint density at radius 3 is 2.26 bits per heavy atom. The molecule has 3 rings (SSSR count). The summed E-state index contributed by atoms with van der Waals surface area (Å²) in [5.41, 5.74) is 4.45. The van der Waals surface area contributed by atoms with Crippen LogP contribution in [0.1, 0.15) is 43.0 Å². The van der Waals surface area contributed by atoms with Crippen molar-refractivity contribution < 1.29 is 9.57 Å². The summed E-state index contributed by atoms with van der Waals surface area (Å²) in [7, 11) is 1.55. The lowest BCUT2D eigenvalue weighted by Crippen LogP contribution is -2.32. The number of ether oxygens (including phenoxy) is 1. The van der Waals surface area contributed by atoms with Gasteiger partial charge < -0.3 is 9.57 Å². The molecule has 1 unspecified atom stereocenters. The summed E-state index contributed by atoms with van der Waals surface area (Å²) in [6, 6.07) is 15.1. The van der Waals surface area contributed by atoms with Gasteiger partial charge in [-0.05, 0) is 42.5 Å². The van der Waals surface area contributed by atoms with E-state index in [0.717, 1.165) is 29.7 Å². The van der Waals surface area contributed by atoms with Crippen LogP contribution >= 0.6 is 0 Å². The van der Waals surface area contributed by atoms with Crippen LogP contribution in [0.5, 0.6) is 5.75 Å². The molecule has 0 aromatic heterocycles. The minimum Gasteiger partial charge on any atom is -0.438 e. The minimum atomic E-state index is -0.427. The molecule has 0 N–H and O–H groups in total. The Morgan fingerprint density at radius 2 is 1.65 bits per heavy atom. The molecule has 120 valence electrons. The fourth-order valence-electron chi connectivity index (χ4n) is 3.15. The highest BCUT2D eigenvalue weighted by Gasteiger charge is 2.45. The fraction of sp³-hybridized carbons (Fsp3) is 0.350. The molecule has 1 heterocycles. The molecule has 0 fully saturated rings. The number of fused-ring (bicyclic) bond motifs is 1. The minimum absolute atomic E-state index is 0.427. The molecular weight excluding hydrogens is 286 g/mol. The lowest BCUT2D eigenvalue weighted by Gasteiger charge is -2.24. The molecule has 0 radical (unpaired) electrons. The van der Waals surface area contributed by atoms with Gasteiger partial charge in [0.1, 0.15) is 18.3 Å². The Hall–Kier alpha value is -2.29. The second kappa shape index (κ2) is 6.07. The van der Waals surface area contributed by atoms with Crippen molar-refractivity contribution in [2.75, 3.05) is 7.11 Å². The summed E-state index contributed by atoms with van der Waals surface area (Å²) in [6.45, 7) is 6.45. The van der Waals surface area contributed by atoms with Gasteiger partial charge in [0.25, 0.3) is 0 Å². The molecule has 0 saturated carbocycles. The number of rotatable bonds is 4. The van der Waals surface area contributed by atoms with Crippen LogP contribution in [-0.4, -0.2) is 13.0 Å². The van der Waals surface area contributed by atoms with Crippen molar-refractivity contribution in [1.29, 1.82) is 0 Å². The first kappa shape index (κ1) is 15.6. The summed E-state index contributed by atoms with van der Waals surface area (Å²) in [5, 5.41) is 4.16. The maximum Gasteiger partial charge on any atom is 0.246 e. The molecule has 0 amide bonds. The van der Waals surface area contributed by atoms with E-state index in [-0.39, 0.29) is 0 Å². The predicted octanol–water partition coefficient (Wildman–Crippen LogP) is 4.47. The molecule has 3 nitrogen and oxygen atoms in total. The van der Waals surface area contributed by atoms with Crippen LogP contribution in [-0.2, 0) is 23.1 Å². The number of benzene rings is 2. The van der Waals surface area contributed by atoms with E-state index >= 15 is 0 Å². The molecule has 1 atom stereocenters. The van der Waals surface area contributed by atoms with E-state index in [2.05, 4.69) is 68.4 Å². The summed E-state index contributed by atoms with van der Waals surface area (Å²) in [5.74, 6) is 1.47. The quantitative estimate of drug-likeness (QED) is 0.780. The Balaban J connectivity index is 2.15. The first-order chi connectivity index (χ1) is 11.1. The van der Waals surface area contributed by atoms with Gasteiger partial charge in [-0.2, -0.15) is 0 Å². The number of nitrogens with zero attached hydrogens (tertiary/aromatic N) is 1. The van der Waals surface area contributed by atoms with Gasteiger partial charge in [-0.3, -0.25) is 0 Å². The van der Waals surface area contributed by atoms with Crippen molar-refractivity contribution in [1.82, 2.24) is 0 Å². The van der Waals surface area contributed by atoms with E-state index in [1.807, 2.05) is 0 Å². The summed E-state index contributed by atoms with van der Waals surface area (Å²) < 4.78 is 6.04. The SMILES string of the molecule is CCc1ccc(C2(C)C(=NOC)Oc3cc(CC)ccc32)cc1. The van der Waals surface area contributed by atoms with Gasteiger partial charge in [0, 0.05) is 5.56 Å². The Bertz CT molecular complexity index is 734. The molecular formula is C20H23NO2. The van der Waals surface area contributed by atoms with Crippen LogP contribution in [0.2, 0.25) is 0 Å². The highest BCUT2D eigenvalue weighted by atomic mass is 16.6. The number of aryl methyl sites for hydroxylation is 2. The topological polar surface area (TPSA) is 30.8 Å². The van der Waals surface area contributed by atoms with E-state index in [9.17, 15) is 0 Å². The monoisotopic (exact) mass is 309 g/mol. The maximum atomic E-state index is 6.04. The highest BCUT2D eigenvalue weighted by molar-refractivity contribution is 5.97. The number of hydrogen-bond donors (Lipinski definition) is 0. The molecule has 0 bridgehead atoms. The van der Waals surface area contributed by atoms with Crippen LogP contribution in [0.15, 0.2) is 47.6 Å². The first-order valence-corrected chi connectivity index (χ1v) is 8.15. The van der Waals surface area contributed by atoms with Crippen LogP contribution in [0.25, 0.3) is 0 Å². The van der Waals surface area contributed by atoms with E-state index in [4.69, 9.17) is 9.57 Å². The summed E-state index contributed by atoms with van der Waals surface area (Å²) in [4.78, 5) is 5.04. The van der Waals surface area contributed by atoms with E-state index < -0.39 is 5.41 Å². The van der Waals surface area contributed by atoms with E-state index in [0.29, 0.717) is 5.90 Å². The Morgan fingerprint density at radius 1 is 1.00 bits per heavy atom. The molecule has 1 aliphatic rings. The Labute approximate surface area is 137 Å². The molecule has 23 heavy (non-hydrogen) atoms. The lowest BCUT2D eigenvalue weighted by atomic mass is 9.76. The molecule has 3 heteroatoms. The van der Waals surface area contributed by atoms with Gasteiger partial charge in [0.05, 0.1) is 0 Å². The van der Waals surface area contributed by atoms with E-state index in [1.54, 1.807) is 7.11 Å². The second-order valence-electron chi connectivity index (χ2n) is 6.04. The van der Waals surface area contributed by atoms with Gasteiger partial charge >= 0.3 is 0 Å². The highest BCUT2D eigenvalue weighted by Crippen LogP contribution is 2.45. The zero-order chi connectivity index (χ0) is 16.4. The first-order valence-electron chi connectivity index (χ1n) is 8.15. The van der Waals surface area contributed by atoms with Gasteiger partial charge in [-0.1, -0.05) is 55.4 Å². The van der Waals surface area contributed by atoms with Crippen molar-refractivity contribution in [3.63, 3.8) is 0 Å². The molecule has 1 aliphatic heterocycles. The van der Waals surface area contributed by atoms with Crippen molar-refractivity contribution in [2.45, 2.75) is 39.0 Å². The number of oxime groups is 1. The van der Waals surface area contributed by atoms with Crippen molar-refractivity contribution in [3.05, 3.63) is 64.7 Å². The largest absolute Gasteiger partial charge is 0.438 e. The smallest absolute Gasteiger partial charge is 0.246 e. The third-order valence-corrected chi connectivity index (χ3v) is 4.74. The predicted molar refractivity (Wildman–Crippen MR) is 93.2 cm³/mol. The molecule has 0 saturated heterocycles. The van der Waals surface area contributed by atoms with Crippen molar-refractivity contribution in [2.24, 2.45) is 5.16 Å². The third kappa shape index (κ3) is 2.50. The fourth-order valence-corrected chi connectivity index (χ4v) is 3.15. The van der Waals surface area contributed by atoms with Crippen LogP contribution in [0.4, 0.5) is 0 Å². The van der Waals surface area contributed by atoms with Crippen LogP contribution in [0.3, 0.4) is 0 Å². The zero-order valence-electron chi connectivity index (χ0n) is 14.2. The van der Waals surface area contributed by atoms with Crippen molar-refractivity contribution in [3.8, 4) is 5.75 Å². The van der Waals surface area contributed by atoms with Gasteiger partial charge in [0.15, 0.2) is 0 Å². The third-order valence-electron chi connectivity index (χ3n) is 4.74. The van der Waals surface area contributed by atoms with Gasteiger partial charge in [0.2, 0.25) is 5.90 Å². The van der Waals surface area contributed by atoms with Crippen molar-refractivity contribution >= 4 is 5.90 Å². The zero-order valence-corrected chi connectivity index (χ0v) is 14.2. The standard InChI is InChI=1S/C20H23NO2/c1-5-14-7-10-16(11-8-14)20(3)17-12-9-15(6-2)13-18(17)23-19(20)21-22-4/h7-13H,5-6H2,1-4H3. The van der Waals surface area contributed by atoms with Crippen LogP contribution < -0.4 is 4.74 Å². The molecule has 2 aromatic carbocycles.